The molecule has 0 aliphatic carbocycles. The summed E-state index contributed by atoms with van der Waals surface area (Å²) in [5, 5.41) is 0. The van der Waals surface area contributed by atoms with E-state index >= 15 is 0 Å². The van der Waals surface area contributed by atoms with E-state index < -0.39 is 0 Å². The van der Waals surface area contributed by atoms with Crippen LogP contribution in [-0.4, -0.2) is 17.0 Å². The average molecular weight is 221 g/mol. The molecule has 0 aromatic heterocycles. The first-order valence-electron chi connectivity index (χ1n) is 4.29. The first-order valence-corrected chi connectivity index (χ1v) is 5.21. The van der Waals surface area contributed by atoms with E-state index in [9.17, 15) is 0 Å². The second-order valence-electron chi connectivity index (χ2n) is 4.04. The zero-order chi connectivity index (χ0) is 8.48. The molecule has 2 atom stereocenters. The van der Waals surface area contributed by atoms with E-state index in [1.54, 1.807) is 0 Å². The Bertz CT molecular complexity index is 132. The fourth-order valence-electron chi connectivity index (χ4n) is 1.67. The Kier molecular flexibility index (Phi) is 2.98. The maximum atomic E-state index is 5.62. The molecule has 1 aliphatic rings. The lowest BCUT2D eigenvalue weighted by atomic mass is 9.87. The Balaban J connectivity index is 2.46. The van der Waals surface area contributed by atoms with Crippen LogP contribution in [0.4, 0.5) is 0 Å². The van der Waals surface area contributed by atoms with E-state index in [-0.39, 0.29) is 5.60 Å². The van der Waals surface area contributed by atoms with Gasteiger partial charge in [0, 0.05) is 11.4 Å². The third kappa shape index (κ3) is 2.75. The van der Waals surface area contributed by atoms with Crippen molar-refractivity contribution >= 4 is 15.9 Å². The molecule has 0 amide bonds. The van der Waals surface area contributed by atoms with Crippen LogP contribution in [0, 0.1) is 5.92 Å². The van der Waals surface area contributed by atoms with Crippen molar-refractivity contribution in [3.05, 3.63) is 0 Å². The normalized spacial score (nSPS) is 33.3. The number of rotatable bonds is 1. The standard InChI is InChI=1S/C9H17BrO/c1-7(10)8-4-5-11-9(2,3)6-8/h7-8H,4-6H2,1-3H3. The Morgan fingerprint density at radius 1 is 1.55 bits per heavy atom. The summed E-state index contributed by atoms with van der Waals surface area (Å²) < 4.78 is 5.62. The van der Waals surface area contributed by atoms with Crippen LogP contribution in [0.2, 0.25) is 0 Å². The molecule has 0 radical (unpaired) electrons. The van der Waals surface area contributed by atoms with E-state index in [1.807, 2.05) is 0 Å². The minimum absolute atomic E-state index is 0.102. The summed E-state index contributed by atoms with van der Waals surface area (Å²) in [7, 11) is 0. The summed E-state index contributed by atoms with van der Waals surface area (Å²) in [6.45, 7) is 7.50. The quantitative estimate of drug-likeness (QED) is 0.618. The third-order valence-electron chi connectivity index (χ3n) is 2.38. The zero-order valence-corrected chi connectivity index (χ0v) is 9.15. The molecule has 1 heterocycles. The minimum atomic E-state index is 0.102. The lowest BCUT2D eigenvalue weighted by Crippen LogP contribution is -2.36. The van der Waals surface area contributed by atoms with Crippen molar-refractivity contribution in [3.8, 4) is 0 Å². The molecule has 0 spiro atoms. The monoisotopic (exact) mass is 220 g/mol. The van der Waals surface area contributed by atoms with Gasteiger partial charge in [-0.2, -0.15) is 0 Å². The SMILES string of the molecule is CC(Br)C1CCOC(C)(C)C1. The fourth-order valence-corrected chi connectivity index (χ4v) is 2.12. The first-order chi connectivity index (χ1) is 5.01. The molecule has 1 rings (SSSR count). The third-order valence-corrected chi connectivity index (χ3v) is 3.13. The maximum Gasteiger partial charge on any atom is 0.0629 e. The number of alkyl halides is 1. The molecule has 0 aromatic carbocycles. The topological polar surface area (TPSA) is 9.23 Å². The van der Waals surface area contributed by atoms with Crippen LogP contribution in [0.5, 0.6) is 0 Å². The highest BCUT2D eigenvalue weighted by atomic mass is 79.9. The summed E-state index contributed by atoms with van der Waals surface area (Å²) >= 11 is 3.63. The second-order valence-corrected chi connectivity index (χ2v) is 5.48. The summed E-state index contributed by atoms with van der Waals surface area (Å²) in [5.74, 6) is 0.791. The molecule has 66 valence electrons. The zero-order valence-electron chi connectivity index (χ0n) is 7.56. The predicted molar refractivity (Wildman–Crippen MR) is 51.1 cm³/mol. The molecular weight excluding hydrogens is 204 g/mol. The molecule has 1 fully saturated rings. The van der Waals surface area contributed by atoms with Crippen molar-refractivity contribution in [1.82, 2.24) is 0 Å². The maximum absolute atomic E-state index is 5.62. The molecule has 1 saturated heterocycles. The van der Waals surface area contributed by atoms with Gasteiger partial charge >= 0.3 is 0 Å². The van der Waals surface area contributed by atoms with E-state index in [2.05, 4.69) is 36.7 Å². The van der Waals surface area contributed by atoms with Gasteiger partial charge in [0.1, 0.15) is 0 Å². The van der Waals surface area contributed by atoms with Gasteiger partial charge in [-0.15, -0.1) is 0 Å². The number of hydrogen-bond donors (Lipinski definition) is 0. The molecule has 2 unspecified atom stereocenters. The van der Waals surface area contributed by atoms with Gasteiger partial charge in [0.05, 0.1) is 5.60 Å². The van der Waals surface area contributed by atoms with Crippen LogP contribution in [0.1, 0.15) is 33.6 Å². The summed E-state index contributed by atoms with van der Waals surface area (Å²) in [6.07, 6.45) is 2.38. The molecule has 2 heteroatoms. The summed E-state index contributed by atoms with van der Waals surface area (Å²) in [5.41, 5.74) is 0.102. The Morgan fingerprint density at radius 2 is 2.18 bits per heavy atom. The van der Waals surface area contributed by atoms with Crippen LogP contribution in [-0.2, 0) is 4.74 Å². The summed E-state index contributed by atoms with van der Waals surface area (Å²) in [4.78, 5) is 0.630. The Hall–Kier alpha value is 0.440. The number of halogens is 1. The van der Waals surface area contributed by atoms with E-state index in [4.69, 9.17) is 4.74 Å². The number of ether oxygens (including phenoxy) is 1. The molecular formula is C9H17BrO. The highest BCUT2D eigenvalue weighted by Gasteiger charge is 2.30. The van der Waals surface area contributed by atoms with Gasteiger partial charge < -0.3 is 4.74 Å². The van der Waals surface area contributed by atoms with Gasteiger partial charge in [-0.25, -0.2) is 0 Å². The van der Waals surface area contributed by atoms with Crippen molar-refractivity contribution in [3.63, 3.8) is 0 Å². The van der Waals surface area contributed by atoms with Crippen LogP contribution in [0.15, 0.2) is 0 Å². The molecule has 1 aliphatic heterocycles. The Labute approximate surface area is 77.6 Å². The van der Waals surface area contributed by atoms with Gasteiger partial charge in [0.15, 0.2) is 0 Å². The van der Waals surface area contributed by atoms with Crippen molar-refractivity contribution in [2.24, 2.45) is 5.92 Å². The largest absolute Gasteiger partial charge is 0.376 e. The second kappa shape index (κ2) is 3.44. The minimum Gasteiger partial charge on any atom is -0.376 e. The van der Waals surface area contributed by atoms with Crippen molar-refractivity contribution in [2.45, 2.75) is 44.0 Å². The number of hydrogen-bond acceptors (Lipinski definition) is 1. The van der Waals surface area contributed by atoms with Gasteiger partial charge in [-0.05, 0) is 32.6 Å². The smallest absolute Gasteiger partial charge is 0.0629 e. The van der Waals surface area contributed by atoms with Crippen molar-refractivity contribution < 1.29 is 4.74 Å². The first kappa shape index (κ1) is 9.53. The highest BCUT2D eigenvalue weighted by Crippen LogP contribution is 2.32. The van der Waals surface area contributed by atoms with Crippen LogP contribution < -0.4 is 0 Å². The van der Waals surface area contributed by atoms with Crippen LogP contribution in [0.25, 0.3) is 0 Å². The van der Waals surface area contributed by atoms with Gasteiger partial charge in [0.2, 0.25) is 0 Å². The van der Waals surface area contributed by atoms with E-state index in [0.29, 0.717) is 4.83 Å². The average Bonchev–Trinajstić information content (AvgIpc) is 1.85. The molecule has 1 nitrogen and oxygen atoms in total. The van der Waals surface area contributed by atoms with Crippen molar-refractivity contribution in [2.75, 3.05) is 6.61 Å². The lowest BCUT2D eigenvalue weighted by molar-refractivity contribution is -0.0715. The molecule has 0 N–H and O–H groups in total. The fraction of sp³-hybridized carbons (Fsp3) is 1.00. The summed E-state index contributed by atoms with van der Waals surface area (Å²) in [6, 6.07) is 0. The van der Waals surface area contributed by atoms with E-state index in [0.717, 1.165) is 12.5 Å². The van der Waals surface area contributed by atoms with Gasteiger partial charge in [-0.1, -0.05) is 22.9 Å². The lowest BCUT2D eigenvalue weighted by Gasteiger charge is -2.36. The van der Waals surface area contributed by atoms with E-state index in [1.165, 1.54) is 12.8 Å². The molecule has 0 bridgehead atoms. The highest BCUT2D eigenvalue weighted by molar-refractivity contribution is 9.09. The Morgan fingerprint density at radius 3 is 2.55 bits per heavy atom. The molecule has 11 heavy (non-hydrogen) atoms. The van der Waals surface area contributed by atoms with Gasteiger partial charge in [-0.3, -0.25) is 0 Å². The van der Waals surface area contributed by atoms with Gasteiger partial charge in [0.25, 0.3) is 0 Å². The van der Waals surface area contributed by atoms with Crippen LogP contribution >= 0.6 is 15.9 Å². The molecule has 0 aromatic rings. The van der Waals surface area contributed by atoms with Crippen molar-refractivity contribution in [1.29, 1.82) is 0 Å². The predicted octanol–water partition coefficient (Wildman–Crippen LogP) is 2.98. The van der Waals surface area contributed by atoms with Crippen LogP contribution in [0.3, 0.4) is 0 Å². The molecule has 0 saturated carbocycles.